The number of aryl methyl sites for hydroxylation is 2. The van der Waals surface area contributed by atoms with Crippen LogP contribution >= 0.6 is 11.8 Å². The van der Waals surface area contributed by atoms with E-state index in [4.69, 9.17) is 4.74 Å². The lowest BCUT2D eigenvalue weighted by Crippen LogP contribution is -2.22. The third-order valence-electron chi connectivity index (χ3n) is 2.87. The minimum Gasteiger partial charge on any atom is -0.465 e. The number of rotatable bonds is 6. The van der Waals surface area contributed by atoms with E-state index in [1.807, 2.05) is 40.7 Å². The van der Waals surface area contributed by atoms with Gasteiger partial charge in [0, 0.05) is 5.69 Å². The van der Waals surface area contributed by atoms with E-state index in [9.17, 15) is 10.1 Å². The molecule has 0 spiro atoms. The second-order valence-electron chi connectivity index (χ2n) is 5.41. The Morgan fingerprint density at radius 3 is 2.67 bits per heavy atom. The van der Waals surface area contributed by atoms with Gasteiger partial charge in [-0.15, -0.1) is 0 Å². The molecule has 0 fully saturated rings. The van der Waals surface area contributed by atoms with E-state index < -0.39 is 0 Å². The summed E-state index contributed by atoms with van der Waals surface area (Å²) in [6.45, 7) is 10.1. The Labute approximate surface area is 130 Å². The van der Waals surface area contributed by atoms with Gasteiger partial charge in [-0.2, -0.15) is 5.26 Å². The smallest absolute Gasteiger partial charge is 0.319 e. The highest BCUT2D eigenvalue weighted by Crippen LogP contribution is 2.29. The monoisotopic (exact) mass is 306 g/mol. The minimum absolute atomic E-state index is 0.235. The Hall–Kier alpha value is -1.54. The van der Waals surface area contributed by atoms with Crippen molar-refractivity contribution in [3.8, 4) is 6.07 Å². The molecule has 1 atom stereocenters. The molecule has 1 rings (SSSR count). The van der Waals surface area contributed by atoms with E-state index in [1.54, 1.807) is 0 Å². The van der Waals surface area contributed by atoms with Gasteiger partial charge >= 0.3 is 5.97 Å². The molecule has 21 heavy (non-hydrogen) atoms. The highest BCUT2D eigenvalue weighted by molar-refractivity contribution is 8.00. The maximum Gasteiger partial charge on any atom is 0.319 e. The van der Waals surface area contributed by atoms with E-state index >= 15 is 0 Å². The van der Waals surface area contributed by atoms with Crippen LogP contribution in [0.1, 0.15) is 44.0 Å². The second-order valence-corrected chi connectivity index (χ2v) is 6.60. The number of carbonyl (C=O) groups is 1. The summed E-state index contributed by atoms with van der Waals surface area (Å²) in [5.74, 6) is 0.0755. The predicted octanol–water partition coefficient (Wildman–Crippen LogP) is 3.64. The standard InChI is InChI=1S/C16H22N2O2S/c1-6-14(16(19)20-9-10(2)3)21-15-13(8-17)11(4)7-12(5)18-15/h7,10,14H,6,9H2,1-5H3. The van der Waals surface area contributed by atoms with E-state index in [1.165, 1.54) is 11.8 Å². The number of ether oxygens (including phenoxy) is 1. The molecule has 114 valence electrons. The summed E-state index contributed by atoms with van der Waals surface area (Å²) in [5, 5.41) is 9.56. The number of aromatic nitrogens is 1. The fraction of sp³-hybridized carbons (Fsp3) is 0.562. The molecule has 0 aromatic carbocycles. The zero-order chi connectivity index (χ0) is 16.0. The first-order valence-electron chi connectivity index (χ1n) is 7.10. The molecule has 4 nitrogen and oxygen atoms in total. The highest BCUT2D eigenvalue weighted by Gasteiger charge is 2.23. The van der Waals surface area contributed by atoms with Gasteiger partial charge in [0.15, 0.2) is 0 Å². The maximum atomic E-state index is 12.1. The van der Waals surface area contributed by atoms with Gasteiger partial charge in [0.1, 0.15) is 16.3 Å². The van der Waals surface area contributed by atoms with E-state index in [0.29, 0.717) is 29.5 Å². The molecule has 1 heterocycles. The molecule has 1 aromatic rings. The summed E-state index contributed by atoms with van der Waals surface area (Å²) in [7, 11) is 0. The van der Waals surface area contributed by atoms with Crippen LogP contribution in [0.4, 0.5) is 0 Å². The minimum atomic E-state index is -0.329. The van der Waals surface area contributed by atoms with Crippen molar-refractivity contribution in [1.29, 1.82) is 5.26 Å². The maximum absolute atomic E-state index is 12.1. The van der Waals surface area contributed by atoms with Gasteiger partial charge in [-0.1, -0.05) is 32.5 Å². The molecular weight excluding hydrogens is 284 g/mol. The lowest BCUT2D eigenvalue weighted by molar-refractivity contribution is -0.144. The molecule has 5 heteroatoms. The van der Waals surface area contributed by atoms with Crippen LogP contribution < -0.4 is 0 Å². The summed E-state index contributed by atoms with van der Waals surface area (Å²) in [5.41, 5.74) is 2.28. The van der Waals surface area contributed by atoms with Crippen LogP contribution in [0.2, 0.25) is 0 Å². The largest absolute Gasteiger partial charge is 0.465 e. The Bertz CT molecular complexity index is 550. The van der Waals surface area contributed by atoms with E-state index in [-0.39, 0.29) is 11.2 Å². The van der Waals surface area contributed by atoms with Crippen LogP contribution in [0.5, 0.6) is 0 Å². The number of thioether (sulfide) groups is 1. The average molecular weight is 306 g/mol. The molecule has 0 radical (unpaired) electrons. The zero-order valence-electron chi connectivity index (χ0n) is 13.3. The number of carbonyl (C=O) groups excluding carboxylic acids is 1. The van der Waals surface area contributed by atoms with Crippen molar-refractivity contribution in [3.63, 3.8) is 0 Å². The van der Waals surface area contributed by atoms with Crippen molar-refractivity contribution in [1.82, 2.24) is 4.98 Å². The van der Waals surface area contributed by atoms with Crippen LogP contribution in [0.25, 0.3) is 0 Å². The molecule has 0 bridgehead atoms. The van der Waals surface area contributed by atoms with E-state index in [0.717, 1.165) is 11.3 Å². The van der Waals surface area contributed by atoms with Gasteiger partial charge in [-0.25, -0.2) is 4.98 Å². The molecule has 0 saturated carbocycles. The number of esters is 1. The zero-order valence-corrected chi connectivity index (χ0v) is 14.1. The van der Waals surface area contributed by atoms with Crippen molar-refractivity contribution in [2.45, 2.75) is 51.3 Å². The lowest BCUT2D eigenvalue weighted by Gasteiger charge is -2.16. The predicted molar refractivity (Wildman–Crippen MR) is 84.2 cm³/mol. The van der Waals surface area contributed by atoms with Gasteiger partial charge < -0.3 is 4.74 Å². The fourth-order valence-corrected chi connectivity index (χ4v) is 2.92. The molecular formula is C16H22N2O2S. The number of nitriles is 1. The summed E-state index contributed by atoms with van der Waals surface area (Å²) in [6, 6.07) is 4.05. The number of hydrogen-bond acceptors (Lipinski definition) is 5. The van der Waals surface area contributed by atoms with E-state index in [2.05, 4.69) is 11.1 Å². The Morgan fingerprint density at radius 2 is 2.14 bits per heavy atom. The summed E-state index contributed by atoms with van der Waals surface area (Å²) in [6.07, 6.45) is 0.640. The van der Waals surface area contributed by atoms with Crippen LogP contribution in [0, 0.1) is 31.1 Å². The molecule has 1 unspecified atom stereocenters. The van der Waals surface area contributed by atoms with Crippen molar-refractivity contribution in [3.05, 3.63) is 22.9 Å². The molecule has 0 aliphatic heterocycles. The SMILES string of the molecule is CCC(Sc1nc(C)cc(C)c1C#N)C(=O)OCC(C)C. The first-order chi connectivity index (χ1) is 9.88. The number of hydrogen-bond donors (Lipinski definition) is 0. The van der Waals surface area contributed by atoms with Crippen molar-refractivity contribution < 1.29 is 9.53 Å². The quantitative estimate of drug-likeness (QED) is 0.593. The third kappa shape index (κ3) is 5.05. The third-order valence-corrected chi connectivity index (χ3v) is 4.20. The molecule has 0 saturated heterocycles. The van der Waals surface area contributed by atoms with Crippen molar-refractivity contribution in [2.75, 3.05) is 6.61 Å². The van der Waals surface area contributed by atoms with Crippen LogP contribution in [-0.4, -0.2) is 22.8 Å². The van der Waals surface area contributed by atoms with Crippen LogP contribution in [-0.2, 0) is 9.53 Å². The van der Waals surface area contributed by atoms with Gasteiger partial charge in [-0.3, -0.25) is 4.79 Å². The summed E-state index contributed by atoms with van der Waals surface area (Å²) >= 11 is 1.32. The van der Waals surface area contributed by atoms with Gasteiger partial charge in [-0.05, 0) is 37.8 Å². The topological polar surface area (TPSA) is 63.0 Å². The Morgan fingerprint density at radius 1 is 1.48 bits per heavy atom. The summed E-state index contributed by atoms with van der Waals surface area (Å²) in [4.78, 5) is 16.5. The lowest BCUT2D eigenvalue weighted by atomic mass is 10.1. The second kappa shape index (κ2) is 8.04. The normalized spacial score (nSPS) is 12.0. The van der Waals surface area contributed by atoms with Gasteiger partial charge in [0.05, 0.1) is 12.2 Å². The molecule has 0 N–H and O–H groups in total. The Balaban J connectivity index is 2.92. The fourth-order valence-electron chi connectivity index (χ4n) is 1.80. The first kappa shape index (κ1) is 17.5. The molecule has 1 aromatic heterocycles. The number of nitrogens with zero attached hydrogens (tertiary/aromatic N) is 2. The van der Waals surface area contributed by atoms with Gasteiger partial charge in [0.2, 0.25) is 0 Å². The number of pyridine rings is 1. The van der Waals surface area contributed by atoms with Gasteiger partial charge in [0.25, 0.3) is 0 Å². The van der Waals surface area contributed by atoms with Crippen LogP contribution in [0.15, 0.2) is 11.1 Å². The first-order valence-corrected chi connectivity index (χ1v) is 7.98. The highest BCUT2D eigenvalue weighted by atomic mass is 32.2. The average Bonchev–Trinajstić information content (AvgIpc) is 2.41. The molecule has 0 aliphatic rings. The molecule has 0 amide bonds. The van der Waals surface area contributed by atoms with Crippen molar-refractivity contribution in [2.24, 2.45) is 5.92 Å². The molecule has 0 aliphatic carbocycles. The summed E-state index contributed by atoms with van der Waals surface area (Å²) < 4.78 is 5.29. The van der Waals surface area contributed by atoms with Crippen molar-refractivity contribution >= 4 is 17.7 Å². The Kier molecular flexibility index (Phi) is 6.70. The van der Waals surface area contributed by atoms with Crippen LogP contribution in [0.3, 0.4) is 0 Å².